The third-order valence-corrected chi connectivity index (χ3v) is 20.3. The summed E-state index contributed by atoms with van der Waals surface area (Å²) < 4.78 is 0. The smallest absolute Gasteiger partial charge is 0.313 e. The molecule has 0 saturated carbocycles. The Morgan fingerprint density at radius 2 is 0.626 bits per heavy atom. The molecule has 0 radical (unpaired) electrons. The van der Waals surface area contributed by atoms with E-state index >= 15 is 0 Å². The van der Waals surface area contributed by atoms with Crippen molar-refractivity contribution in [2.24, 2.45) is 17.8 Å². The summed E-state index contributed by atoms with van der Waals surface area (Å²) in [6.45, 7) is 25.7. The van der Waals surface area contributed by atoms with Crippen LogP contribution in [0, 0.1) is 38.5 Å². The van der Waals surface area contributed by atoms with Gasteiger partial charge in [-0.25, -0.2) is 15.0 Å². The number of benzene rings is 3. The number of hydrogen-bond acceptors (Lipinski definition) is 18. The number of likely N-dealkylation sites (tertiary alicyclic amines) is 3. The van der Waals surface area contributed by atoms with Crippen molar-refractivity contribution in [2.75, 3.05) is 167 Å². The van der Waals surface area contributed by atoms with Crippen molar-refractivity contribution >= 4 is 87.0 Å². The molecule has 0 aliphatic carbocycles. The van der Waals surface area contributed by atoms with E-state index < -0.39 is 35.4 Å². The van der Waals surface area contributed by atoms with E-state index in [1.807, 2.05) is 20.8 Å². The van der Waals surface area contributed by atoms with Gasteiger partial charge in [-0.15, -0.1) is 0 Å². The normalized spacial score (nSPS) is 21.7. The number of carbonyl (C=O) groups is 6. The van der Waals surface area contributed by atoms with Crippen molar-refractivity contribution in [3.05, 3.63) is 143 Å². The molecule has 24 heteroatoms. The summed E-state index contributed by atoms with van der Waals surface area (Å²) >= 11 is 0. The number of nitrogens with two attached hydrogens (primary N) is 3. The molecule has 0 bridgehead atoms. The summed E-state index contributed by atoms with van der Waals surface area (Å²) in [4.78, 5) is 110. The summed E-state index contributed by atoms with van der Waals surface area (Å²) in [6.07, 6.45) is 10.0. The van der Waals surface area contributed by atoms with Crippen LogP contribution in [-0.4, -0.2) is 199 Å². The average Bonchev–Trinajstić information content (AvgIpc) is 0.822. The molecular formula is C75H102N18O6. The zero-order chi connectivity index (χ0) is 70.6. The molecule has 6 amide bonds. The Labute approximate surface area is 583 Å². The van der Waals surface area contributed by atoms with Gasteiger partial charge in [0.25, 0.3) is 0 Å². The van der Waals surface area contributed by atoms with Crippen molar-refractivity contribution < 1.29 is 28.8 Å². The second-order valence-electron chi connectivity index (χ2n) is 28.3. The fraction of sp³-hybridized carbons (Fsp3) is 0.480. The molecule has 6 aliphatic heterocycles. The Bertz CT molecular complexity index is 3440. The number of anilines is 9. The fourth-order valence-electron chi connectivity index (χ4n) is 14.1. The highest BCUT2D eigenvalue weighted by Crippen LogP contribution is 2.39. The Kier molecular flexibility index (Phi) is 24.1. The van der Waals surface area contributed by atoms with E-state index in [0.29, 0.717) is 71.9 Å². The van der Waals surface area contributed by atoms with Gasteiger partial charge in [0.1, 0.15) is 17.5 Å². The van der Waals surface area contributed by atoms with Crippen molar-refractivity contribution in [1.82, 2.24) is 44.4 Å². The van der Waals surface area contributed by atoms with Gasteiger partial charge in [-0.05, 0) is 186 Å². The highest BCUT2D eigenvalue weighted by atomic mass is 16.2. The molecule has 6 saturated heterocycles. The number of rotatable bonds is 9. The molecule has 0 spiro atoms. The Morgan fingerprint density at radius 1 is 0.374 bits per heavy atom. The standard InChI is InChI=1S/3C25H34N6O2/c3*1-17-7-8-22(19-5-4-6-21(14-19)30-11-9-29(3)10-12-30)31(16-17)25(33)24(32)28-20-13-18(2)23(26)27-15-20/h3*4-6,13-15,17,22H,7-12,16H2,1-3H3,(H2,26,27)(H,28,32)/t3*17-,22+/m100/s1. The molecule has 12 rings (SSSR count). The molecule has 9 heterocycles. The number of aromatic nitrogens is 3. The molecule has 9 N–H and O–H groups in total. The van der Waals surface area contributed by atoms with Crippen LogP contribution in [0.3, 0.4) is 0 Å². The molecule has 0 unspecified atom stereocenters. The van der Waals surface area contributed by atoms with E-state index in [0.717, 1.165) is 150 Å². The van der Waals surface area contributed by atoms with Gasteiger partial charge in [0.2, 0.25) is 0 Å². The SMILES string of the molecule is Cc1cc(NC(=O)C(=O)N2C[C@@H](C)CC[C@@H]2c2cccc(N3CCN(C)CC3)c2)cnc1N.Cc1cc(NC(=O)C(=O)N2C[C@@H](C)CC[C@@H]2c2cccc(N3CCN(C)CC3)c2)cnc1N.Cc1cc(NC(=O)C(=O)N2C[C@H](C)CC[C@H]2c2cccc(N3CCN(C)CC3)c2)cnc1N. The molecule has 6 aromatic rings. The number of pyridine rings is 3. The average molecular weight is 1350 g/mol. The number of amides is 6. The van der Waals surface area contributed by atoms with Gasteiger partial charge in [-0.3, -0.25) is 28.8 Å². The van der Waals surface area contributed by atoms with Crippen LogP contribution in [0.4, 0.5) is 51.6 Å². The van der Waals surface area contributed by atoms with Crippen LogP contribution in [0.15, 0.2) is 110 Å². The van der Waals surface area contributed by atoms with Crippen LogP contribution < -0.4 is 47.9 Å². The second kappa shape index (κ2) is 33.0. The molecule has 99 heavy (non-hydrogen) atoms. The summed E-state index contributed by atoms with van der Waals surface area (Å²) in [5.41, 5.74) is 27.8. The summed E-state index contributed by atoms with van der Waals surface area (Å²) in [6, 6.07) is 30.2. The molecule has 3 aromatic heterocycles. The predicted octanol–water partition coefficient (Wildman–Crippen LogP) is 7.99. The Hall–Kier alpha value is -9.39. The van der Waals surface area contributed by atoms with Crippen LogP contribution in [0.1, 0.15) is 111 Å². The maximum absolute atomic E-state index is 13.3. The van der Waals surface area contributed by atoms with Crippen LogP contribution >= 0.6 is 0 Å². The summed E-state index contributed by atoms with van der Waals surface area (Å²) in [7, 11) is 6.44. The summed E-state index contributed by atoms with van der Waals surface area (Å²) in [5.74, 6) is -1.19. The lowest BCUT2D eigenvalue weighted by Crippen LogP contribution is -2.46. The van der Waals surface area contributed by atoms with Crippen molar-refractivity contribution in [1.29, 1.82) is 0 Å². The predicted molar refractivity (Wildman–Crippen MR) is 393 cm³/mol. The number of carbonyl (C=O) groups excluding carboxylic acids is 6. The fourth-order valence-corrected chi connectivity index (χ4v) is 14.1. The highest BCUT2D eigenvalue weighted by Gasteiger charge is 2.38. The highest BCUT2D eigenvalue weighted by molar-refractivity contribution is 6.40. The maximum Gasteiger partial charge on any atom is 0.313 e. The molecule has 6 fully saturated rings. The first-order chi connectivity index (χ1) is 47.4. The van der Waals surface area contributed by atoms with Crippen molar-refractivity contribution in [2.45, 2.75) is 98.2 Å². The first-order valence-electron chi connectivity index (χ1n) is 35.1. The quantitative estimate of drug-likeness (QED) is 0.0748. The van der Waals surface area contributed by atoms with E-state index in [-0.39, 0.29) is 18.1 Å². The lowest BCUT2D eigenvalue weighted by Gasteiger charge is -2.39. The van der Waals surface area contributed by atoms with E-state index in [1.165, 1.54) is 35.7 Å². The van der Waals surface area contributed by atoms with Crippen LogP contribution in [0.2, 0.25) is 0 Å². The van der Waals surface area contributed by atoms with Crippen LogP contribution in [0.25, 0.3) is 0 Å². The van der Waals surface area contributed by atoms with Gasteiger partial charge < -0.3 is 77.3 Å². The topological polar surface area (TPSA) is 284 Å². The lowest BCUT2D eigenvalue weighted by molar-refractivity contribution is -0.146. The minimum absolute atomic E-state index is 0.113. The van der Waals surface area contributed by atoms with Crippen molar-refractivity contribution in [3.8, 4) is 0 Å². The monoisotopic (exact) mass is 1350 g/mol. The number of piperidine rings is 3. The number of hydrogen-bond donors (Lipinski definition) is 6. The van der Waals surface area contributed by atoms with E-state index in [2.05, 4.69) is 175 Å². The summed E-state index contributed by atoms with van der Waals surface area (Å²) in [5, 5.41) is 8.10. The zero-order valence-electron chi connectivity index (χ0n) is 59.3. The number of likely N-dealkylation sites (N-methyl/N-ethyl adjacent to an activating group) is 3. The Morgan fingerprint density at radius 3 is 0.869 bits per heavy atom. The Balaban J connectivity index is 0.000000161. The van der Waals surface area contributed by atoms with Gasteiger partial charge in [0.05, 0.1) is 53.8 Å². The largest absolute Gasteiger partial charge is 0.383 e. The van der Waals surface area contributed by atoms with Crippen LogP contribution in [-0.2, 0) is 28.8 Å². The number of nitrogens with one attached hydrogen (secondary N) is 3. The number of nitrogens with zero attached hydrogens (tertiary/aromatic N) is 12. The van der Waals surface area contributed by atoms with E-state index in [1.54, 1.807) is 32.9 Å². The zero-order valence-corrected chi connectivity index (χ0v) is 59.3. The third kappa shape index (κ3) is 18.7. The minimum atomic E-state index is -0.643. The number of piperazine rings is 3. The van der Waals surface area contributed by atoms with Crippen LogP contribution in [0.5, 0.6) is 0 Å². The van der Waals surface area contributed by atoms with Crippen molar-refractivity contribution in [3.63, 3.8) is 0 Å². The molecule has 528 valence electrons. The molecule has 3 aromatic carbocycles. The first kappa shape index (κ1) is 72.4. The minimum Gasteiger partial charge on any atom is -0.383 e. The number of aryl methyl sites for hydroxylation is 3. The second-order valence-corrected chi connectivity index (χ2v) is 28.3. The molecule has 6 atom stereocenters. The van der Waals surface area contributed by atoms with Gasteiger partial charge in [-0.1, -0.05) is 57.2 Å². The third-order valence-electron chi connectivity index (χ3n) is 20.3. The van der Waals surface area contributed by atoms with Gasteiger partial charge >= 0.3 is 35.4 Å². The first-order valence-corrected chi connectivity index (χ1v) is 35.1. The van der Waals surface area contributed by atoms with Gasteiger partial charge in [0.15, 0.2) is 0 Å². The molecule has 6 aliphatic rings. The lowest BCUT2D eigenvalue weighted by atomic mass is 9.89. The van der Waals surface area contributed by atoms with Gasteiger partial charge in [-0.2, -0.15) is 0 Å². The molecular weight excluding hydrogens is 1250 g/mol. The number of nitrogen functional groups attached to an aromatic ring is 3. The van der Waals surface area contributed by atoms with E-state index in [4.69, 9.17) is 17.2 Å². The maximum atomic E-state index is 13.3. The molecule has 24 nitrogen and oxygen atoms in total. The van der Waals surface area contributed by atoms with E-state index in [9.17, 15) is 28.8 Å². The van der Waals surface area contributed by atoms with Gasteiger partial charge in [0, 0.05) is 115 Å².